The van der Waals surface area contributed by atoms with Gasteiger partial charge in [-0.1, -0.05) is 11.3 Å². The number of carbonyl (C=O) groups is 1. The molecule has 2 heterocycles. The van der Waals surface area contributed by atoms with Crippen molar-refractivity contribution >= 4 is 33.0 Å². The van der Waals surface area contributed by atoms with Crippen LogP contribution in [-0.4, -0.2) is 29.5 Å². The van der Waals surface area contributed by atoms with Crippen molar-refractivity contribution < 1.29 is 18.3 Å². The second kappa shape index (κ2) is 5.66. The highest BCUT2D eigenvalue weighted by atomic mass is 32.2. The Hall–Kier alpha value is -2.20. The van der Waals surface area contributed by atoms with Gasteiger partial charge < -0.3 is 10.1 Å². The van der Waals surface area contributed by atoms with Crippen molar-refractivity contribution in [3.05, 3.63) is 39.4 Å². The molecule has 0 fully saturated rings. The molecule has 0 bridgehead atoms. The van der Waals surface area contributed by atoms with E-state index < -0.39 is 20.9 Å². The number of nitrogens with one attached hydrogen (secondary N) is 2. The Morgan fingerprint density at radius 3 is 2.67 bits per heavy atom. The van der Waals surface area contributed by atoms with Crippen LogP contribution >= 0.6 is 11.3 Å². The summed E-state index contributed by atoms with van der Waals surface area (Å²) >= 11 is 0.592. The van der Waals surface area contributed by atoms with Crippen molar-refractivity contribution in [2.75, 3.05) is 4.72 Å². The predicted molar refractivity (Wildman–Crippen MR) is 76.1 cm³/mol. The van der Waals surface area contributed by atoms with Crippen LogP contribution in [-0.2, 0) is 21.2 Å². The molecule has 10 heteroatoms. The van der Waals surface area contributed by atoms with E-state index in [1.165, 1.54) is 25.3 Å². The lowest BCUT2D eigenvalue weighted by Crippen LogP contribution is -2.13. The van der Waals surface area contributed by atoms with Gasteiger partial charge in [-0.25, -0.2) is 8.42 Å². The standard InChI is InChI=1S/C11H11N3O5S2/c1-6-10(20-11(17)13-6)21(18,19)14-8-3-2-7(12-5-8)4-9(15)16/h2-3,5,14H,4H2,1H3,(H,13,17)(H,15,16). The van der Waals surface area contributed by atoms with Crippen LogP contribution in [0.5, 0.6) is 0 Å². The monoisotopic (exact) mass is 329 g/mol. The van der Waals surface area contributed by atoms with E-state index >= 15 is 0 Å². The van der Waals surface area contributed by atoms with Gasteiger partial charge in [0, 0.05) is 5.69 Å². The van der Waals surface area contributed by atoms with E-state index in [0.29, 0.717) is 17.0 Å². The lowest BCUT2D eigenvalue weighted by molar-refractivity contribution is -0.136. The van der Waals surface area contributed by atoms with Gasteiger partial charge in [0.25, 0.3) is 10.0 Å². The first kappa shape index (κ1) is 15.2. The van der Waals surface area contributed by atoms with Gasteiger partial charge in [0.05, 0.1) is 24.0 Å². The molecule has 3 N–H and O–H groups in total. The van der Waals surface area contributed by atoms with Gasteiger partial charge in [0.1, 0.15) is 0 Å². The zero-order valence-corrected chi connectivity index (χ0v) is 12.4. The predicted octanol–water partition coefficient (Wildman–Crippen LogP) is 0.568. The van der Waals surface area contributed by atoms with Crippen LogP contribution in [0.1, 0.15) is 11.4 Å². The zero-order valence-electron chi connectivity index (χ0n) is 10.8. The number of carboxylic acid groups (broad SMARTS) is 1. The number of sulfonamides is 1. The average Bonchev–Trinajstić information content (AvgIpc) is 2.71. The van der Waals surface area contributed by atoms with E-state index in [1.807, 2.05) is 0 Å². The molecule has 0 saturated carbocycles. The third-order valence-corrected chi connectivity index (χ3v) is 5.42. The lowest BCUT2D eigenvalue weighted by Gasteiger charge is -2.06. The topological polar surface area (TPSA) is 129 Å². The number of anilines is 1. The molecule has 0 amide bonds. The SMILES string of the molecule is Cc1[nH]c(=O)sc1S(=O)(=O)Nc1ccc(CC(=O)O)nc1. The Kier molecular flexibility index (Phi) is 4.09. The van der Waals surface area contributed by atoms with E-state index in [0.717, 1.165) is 0 Å². The minimum absolute atomic E-state index is 0.0953. The number of thiazole rings is 1. The highest BCUT2D eigenvalue weighted by Crippen LogP contribution is 2.20. The van der Waals surface area contributed by atoms with Crippen LogP contribution in [0, 0.1) is 6.92 Å². The first-order valence-electron chi connectivity index (χ1n) is 5.67. The normalized spacial score (nSPS) is 11.3. The number of rotatable bonds is 5. The largest absolute Gasteiger partial charge is 0.481 e. The maximum Gasteiger partial charge on any atom is 0.309 e. The van der Waals surface area contributed by atoms with E-state index in [1.54, 1.807) is 0 Å². The summed E-state index contributed by atoms with van der Waals surface area (Å²) in [5.41, 5.74) is 0.755. The highest BCUT2D eigenvalue weighted by molar-refractivity contribution is 7.94. The van der Waals surface area contributed by atoms with Crippen molar-refractivity contribution in [3.63, 3.8) is 0 Å². The van der Waals surface area contributed by atoms with Gasteiger partial charge >= 0.3 is 10.8 Å². The maximum absolute atomic E-state index is 12.1. The van der Waals surface area contributed by atoms with Gasteiger partial charge in [0.15, 0.2) is 4.21 Å². The zero-order chi connectivity index (χ0) is 15.6. The molecule has 0 radical (unpaired) electrons. The fourth-order valence-corrected chi connectivity index (χ4v) is 3.94. The summed E-state index contributed by atoms with van der Waals surface area (Å²) in [5, 5.41) is 8.62. The molecule has 0 aromatic carbocycles. The molecule has 0 unspecified atom stereocenters. The van der Waals surface area contributed by atoms with Gasteiger partial charge in [-0.2, -0.15) is 0 Å². The van der Waals surface area contributed by atoms with Crippen LogP contribution in [0.25, 0.3) is 0 Å². The van der Waals surface area contributed by atoms with Gasteiger partial charge in [-0.3, -0.25) is 19.3 Å². The van der Waals surface area contributed by atoms with Crippen molar-refractivity contribution in [2.24, 2.45) is 0 Å². The maximum atomic E-state index is 12.1. The number of carboxylic acids is 1. The number of aryl methyl sites for hydroxylation is 1. The quantitative estimate of drug-likeness (QED) is 0.735. The molecular weight excluding hydrogens is 318 g/mol. The molecular formula is C11H11N3O5S2. The number of aromatic amines is 1. The molecule has 0 saturated heterocycles. The Labute approximate surface area is 123 Å². The molecule has 2 aromatic rings. The number of hydrogen-bond donors (Lipinski definition) is 3. The van der Waals surface area contributed by atoms with Gasteiger partial charge in [-0.05, 0) is 19.1 Å². The number of aromatic nitrogens is 2. The molecule has 2 aromatic heterocycles. The molecule has 0 spiro atoms. The van der Waals surface area contributed by atoms with Crippen LogP contribution in [0.2, 0.25) is 0 Å². The molecule has 21 heavy (non-hydrogen) atoms. The summed E-state index contributed by atoms with van der Waals surface area (Å²) < 4.78 is 26.4. The highest BCUT2D eigenvalue weighted by Gasteiger charge is 2.20. The Morgan fingerprint density at radius 2 is 2.19 bits per heavy atom. The van der Waals surface area contributed by atoms with Crippen molar-refractivity contribution in [1.29, 1.82) is 0 Å². The molecule has 0 atom stereocenters. The summed E-state index contributed by atoms with van der Waals surface area (Å²) in [6, 6.07) is 2.83. The Morgan fingerprint density at radius 1 is 1.48 bits per heavy atom. The third kappa shape index (κ3) is 3.67. The van der Waals surface area contributed by atoms with Crippen molar-refractivity contribution in [2.45, 2.75) is 17.6 Å². The molecule has 112 valence electrons. The van der Waals surface area contributed by atoms with E-state index in [-0.39, 0.29) is 22.0 Å². The first-order chi connectivity index (χ1) is 9.78. The fraction of sp³-hybridized carbons (Fsp3) is 0.182. The summed E-state index contributed by atoms with van der Waals surface area (Å²) in [6.07, 6.45) is 0.978. The minimum atomic E-state index is -3.88. The van der Waals surface area contributed by atoms with Crippen LogP contribution in [0.4, 0.5) is 5.69 Å². The van der Waals surface area contributed by atoms with Crippen molar-refractivity contribution in [1.82, 2.24) is 9.97 Å². The molecule has 0 aliphatic rings. The number of aliphatic carboxylic acids is 1. The second-order valence-electron chi connectivity index (χ2n) is 4.14. The van der Waals surface area contributed by atoms with Crippen LogP contribution < -0.4 is 9.60 Å². The summed E-state index contributed by atoms with van der Waals surface area (Å²) in [4.78, 5) is 27.5. The number of pyridine rings is 1. The first-order valence-corrected chi connectivity index (χ1v) is 7.97. The lowest BCUT2D eigenvalue weighted by atomic mass is 10.3. The smallest absolute Gasteiger partial charge is 0.309 e. The number of nitrogens with zero attached hydrogens (tertiary/aromatic N) is 1. The number of hydrogen-bond acceptors (Lipinski definition) is 6. The van der Waals surface area contributed by atoms with Crippen LogP contribution in [0.15, 0.2) is 27.3 Å². The van der Waals surface area contributed by atoms with Gasteiger partial charge in [0.2, 0.25) is 0 Å². The van der Waals surface area contributed by atoms with E-state index in [4.69, 9.17) is 5.11 Å². The van der Waals surface area contributed by atoms with Crippen molar-refractivity contribution in [3.8, 4) is 0 Å². The number of H-pyrrole nitrogens is 1. The fourth-order valence-electron chi connectivity index (χ4n) is 1.59. The van der Waals surface area contributed by atoms with Crippen LogP contribution in [0.3, 0.4) is 0 Å². The van der Waals surface area contributed by atoms with Gasteiger partial charge in [-0.15, -0.1) is 0 Å². The Balaban J connectivity index is 2.23. The third-order valence-electron chi connectivity index (χ3n) is 2.43. The molecule has 8 nitrogen and oxygen atoms in total. The summed E-state index contributed by atoms with van der Waals surface area (Å²) in [6.45, 7) is 1.49. The summed E-state index contributed by atoms with van der Waals surface area (Å²) in [5.74, 6) is -1.02. The molecule has 0 aliphatic heterocycles. The average molecular weight is 329 g/mol. The molecule has 2 rings (SSSR count). The minimum Gasteiger partial charge on any atom is -0.481 e. The van der Waals surface area contributed by atoms with E-state index in [2.05, 4.69) is 14.7 Å². The summed E-state index contributed by atoms with van der Waals surface area (Å²) in [7, 11) is -3.88. The molecule has 0 aliphatic carbocycles. The Bertz CT molecular complexity index is 820. The van der Waals surface area contributed by atoms with E-state index in [9.17, 15) is 18.0 Å². The second-order valence-corrected chi connectivity index (χ2v) is 7.00.